The molecule has 0 bridgehead atoms. The summed E-state index contributed by atoms with van der Waals surface area (Å²) < 4.78 is 72.8. The standard InChI is InChI=1S/C23H19F5N4O2/c1-13-18(34-21-17(25)11-14(12-31-21)23(26,27)28)7-3-10-32(13)22(33)15-5-2-6-16(24)19(15)20-29-8-4-9-30-20/h2,4-6,8-9,11-13,18H,3,7,10H2,1H3. The second-order valence-electron chi connectivity index (χ2n) is 7.78. The Bertz CT molecular complexity index is 1190. The normalized spacial score (nSPS) is 18.6. The monoisotopic (exact) mass is 478 g/mol. The number of nitrogens with zero attached hydrogens (tertiary/aromatic N) is 4. The zero-order chi connectivity index (χ0) is 24.5. The van der Waals surface area contributed by atoms with Gasteiger partial charge in [-0.15, -0.1) is 0 Å². The predicted octanol–water partition coefficient (Wildman–Crippen LogP) is 4.91. The van der Waals surface area contributed by atoms with Crippen LogP contribution in [0.4, 0.5) is 22.0 Å². The number of carbonyl (C=O) groups is 1. The van der Waals surface area contributed by atoms with Crippen molar-refractivity contribution in [1.82, 2.24) is 19.9 Å². The summed E-state index contributed by atoms with van der Waals surface area (Å²) in [6.07, 6.45) is -1.21. The summed E-state index contributed by atoms with van der Waals surface area (Å²) in [6.45, 7) is 2.00. The van der Waals surface area contributed by atoms with E-state index in [0.717, 1.165) is 0 Å². The van der Waals surface area contributed by atoms with Crippen LogP contribution in [0, 0.1) is 11.6 Å². The highest BCUT2D eigenvalue weighted by Gasteiger charge is 2.36. The van der Waals surface area contributed by atoms with Crippen molar-refractivity contribution in [1.29, 1.82) is 0 Å². The molecule has 178 valence electrons. The molecule has 6 nitrogen and oxygen atoms in total. The number of pyridine rings is 1. The van der Waals surface area contributed by atoms with Gasteiger partial charge in [-0.1, -0.05) is 6.07 Å². The summed E-state index contributed by atoms with van der Waals surface area (Å²) in [5, 5.41) is 0. The number of piperidine rings is 1. The minimum atomic E-state index is -4.74. The van der Waals surface area contributed by atoms with Gasteiger partial charge in [0.25, 0.3) is 11.8 Å². The molecule has 3 heterocycles. The van der Waals surface area contributed by atoms with Crippen LogP contribution in [-0.2, 0) is 6.18 Å². The van der Waals surface area contributed by atoms with Gasteiger partial charge in [-0.25, -0.2) is 23.7 Å². The summed E-state index contributed by atoms with van der Waals surface area (Å²) in [4.78, 5) is 26.4. The van der Waals surface area contributed by atoms with E-state index in [0.29, 0.717) is 31.6 Å². The molecule has 3 aromatic rings. The lowest BCUT2D eigenvalue weighted by atomic mass is 9.97. The fraction of sp³-hybridized carbons (Fsp3) is 0.304. The molecule has 1 aromatic carbocycles. The minimum absolute atomic E-state index is 0.0428. The van der Waals surface area contributed by atoms with Crippen molar-refractivity contribution in [3.05, 3.63) is 71.7 Å². The van der Waals surface area contributed by atoms with Gasteiger partial charge in [0.1, 0.15) is 11.9 Å². The Balaban J connectivity index is 1.58. The van der Waals surface area contributed by atoms with E-state index in [1.54, 1.807) is 13.0 Å². The van der Waals surface area contributed by atoms with Gasteiger partial charge in [0, 0.05) is 25.1 Å². The second-order valence-corrected chi connectivity index (χ2v) is 7.78. The van der Waals surface area contributed by atoms with E-state index in [1.807, 2.05) is 0 Å². The highest BCUT2D eigenvalue weighted by atomic mass is 19.4. The molecular formula is C23H19F5N4O2. The largest absolute Gasteiger partial charge is 0.470 e. The Kier molecular flexibility index (Phi) is 6.45. The van der Waals surface area contributed by atoms with Gasteiger partial charge in [-0.3, -0.25) is 4.79 Å². The van der Waals surface area contributed by atoms with Crippen molar-refractivity contribution in [2.45, 2.75) is 38.1 Å². The van der Waals surface area contributed by atoms with Crippen molar-refractivity contribution >= 4 is 5.91 Å². The lowest BCUT2D eigenvalue weighted by Crippen LogP contribution is -2.51. The van der Waals surface area contributed by atoms with E-state index in [9.17, 15) is 26.7 Å². The third-order valence-electron chi connectivity index (χ3n) is 5.61. The maximum Gasteiger partial charge on any atom is 0.417 e. The molecule has 11 heteroatoms. The Morgan fingerprint density at radius 1 is 1.09 bits per heavy atom. The molecule has 34 heavy (non-hydrogen) atoms. The number of hydrogen-bond acceptors (Lipinski definition) is 5. The first-order valence-electron chi connectivity index (χ1n) is 10.4. The highest BCUT2D eigenvalue weighted by Crippen LogP contribution is 2.32. The molecule has 0 N–H and O–H groups in total. The second kappa shape index (κ2) is 9.32. The van der Waals surface area contributed by atoms with E-state index in [-0.39, 0.29) is 17.0 Å². The van der Waals surface area contributed by atoms with Crippen molar-refractivity contribution in [2.75, 3.05) is 6.54 Å². The number of benzene rings is 1. The van der Waals surface area contributed by atoms with Gasteiger partial charge in [-0.05, 0) is 44.0 Å². The molecule has 1 aliphatic rings. The Morgan fingerprint density at radius 2 is 1.82 bits per heavy atom. The zero-order valence-corrected chi connectivity index (χ0v) is 17.9. The fourth-order valence-corrected chi connectivity index (χ4v) is 3.88. The summed E-state index contributed by atoms with van der Waals surface area (Å²) in [5.41, 5.74) is -1.22. The van der Waals surface area contributed by atoms with Crippen LogP contribution in [0.5, 0.6) is 5.88 Å². The minimum Gasteiger partial charge on any atom is -0.470 e. The molecule has 0 radical (unpaired) electrons. The van der Waals surface area contributed by atoms with Crippen LogP contribution in [0.1, 0.15) is 35.7 Å². The number of hydrogen-bond donors (Lipinski definition) is 0. The van der Waals surface area contributed by atoms with Crippen molar-refractivity contribution in [3.63, 3.8) is 0 Å². The quantitative estimate of drug-likeness (QED) is 0.499. The lowest BCUT2D eigenvalue weighted by Gasteiger charge is -2.39. The summed E-state index contributed by atoms with van der Waals surface area (Å²) in [7, 11) is 0. The Morgan fingerprint density at radius 3 is 2.50 bits per heavy atom. The number of likely N-dealkylation sites (tertiary alicyclic amines) is 1. The first-order valence-corrected chi connectivity index (χ1v) is 10.4. The molecule has 2 aromatic heterocycles. The van der Waals surface area contributed by atoms with Crippen LogP contribution >= 0.6 is 0 Å². The number of aromatic nitrogens is 3. The zero-order valence-electron chi connectivity index (χ0n) is 17.9. The van der Waals surface area contributed by atoms with Crippen LogP contribution in [0.3, 0.4) is 0 Å². The Labute approximate surface area is 191 Å². The number of ether oxygens (including phenoxy) is 1. The number of halogens is 5. The molecule has 0 spiro atoms. The summed E-state index contributed by atoms with van der Waals surface area (Å²) >= 11 is 0. The lowest BCUT2D eigenvalue weighted by molar-refractivity contribution is -0.138. The van der Waals surface area contributed by atoms with Crippen LogP contribution in [0.2, 0.25) is 0 Å². The number of amides is 1. The number of carbonyl (C=O) groups excluding carboxylic acids is 1. The van der Waals surface area contributed by atoms with E-state index >= 15 is 0 Å². The van der Waals surface area contributed by atoms with E-state index in [1.165, 1.54) is 35.5 Å². The molecule has 2 unspecified atom stereocenters. The molecule has 4 rings (SSSR count). The summed E-state index contributed by atoms with van der Waals surface area (Å²) in [5.74, 6) is -2.94. The van der Waals surface area contributed by atoms with Gasteiger partial charge in [0.2, 0.25) is 0 Å². The average molecular weight is 478 g/mol. The molecule has 1 aliphatic heterocycles. The molecule has 1 amide bonds. The van der Waals surface area contributed by atoms with E-state index in [2.05, 4.69) is 15.0 Å². The van der Waals surface area contributed by atoms with Gasteiger partial charge >= 0.3 is 6.18 Å². The third-order valence-corrected chi connectivity index (χ3v) is 5.61. The topological polar surface area (TPSA) is 68.2 Å². The van der Waals surface area contributed by atoms with Crippen LogP contribution in [0.15, 0.2) is 48.9 Å². The van der Waals surface area contributed by atoms with Crippen molar-refractivity contribution < 1.29 is 31.5 Å². The van der Waals surface area contributed by atoms with Gasteiger partial charge in [0.15, 0.2) is 11.6 Å². The molecule has 2 atom stereocenters. The smallest absolute Gasteiger partial charge is 0.417 e. The first-order chi connectivity index (χ1) is 16.2. The van der Waals surface area contributed by atoms with Gasteiger partial charge < -0.3 is 9.64 Å². The molecule has 0 saturated carbocycles. The highest BCUT2D eigenvalue weighted by molar-refractivity contribution is 6.00. The maximum absolute atomic E-state index is 14.7. The van der Waals surface area contributed by atoms with Gasteiger partial charge in [-0.2, -0.15) is 13.2 Å². The first kappa shape index (κ1) is 23.5. The average Bonchev–Trinajstić information content (AvgIpc) is 2.81. The Hall–Kier alpha value is -3.63. The fourth-order valence-electron chi connectivity index (χ4n) is 3.88. The van der Waals surface area contributed by atoms with E-state index < -0.39 is 47.3 Å². The predicted molar refractivity (Wildman–Crippen MR) is 111 cm³/mol. The van der Waals surface area contributed by atoms with Crippen LogP contribution in [0.25, 0.3) is 11.4 Å². The number of alkyl halides is 3. The van der Waals surface area contributed by atoms with Crippen molar-refractivity contribution in [3.8, 4) is 17.3 Å². The molecular weight excluding hydrogens is 459 g/mol. The van der Waals surface area contributed by atoms with Crippen LogP contribution < -0.4 is 4.74 Å². The number of rotatable bonds is 4. The molecule has 0 aliphatic carbocycles. The maximum atomic E-state index is 14.7. The SMILES string of the molecule is CC1C(Oc2ncc(C(F)(F)F)cc2F)CCCN1C(=O)c1cccc(F)c1-c1ncccn1. The molecule has 1 fully saturated rings. The van der Waals surface area contributed by atoms with Gasteiger partial charge in [0.05, 0.1) is 22.7 Å². The van der Waals surface area contributed by atoms with Crippen molar-refractivity contribution in [2.24, 2.45) is 0 Å². The summed E-state index contributed by atoms with van der Waals surface area (Å²) in [6, 6.07) is 5.35. The molecule has 1 saturated heterocycles. The van der Waals surface area contributed by atoms with Crippen LogP contribution in [-0.4, -0.2) is 44.4 Å². The van der Waals surface area contributed by atoms with E-state index in [4.69, 9.17) is 4.74 Å². The third kappa shape index (κ3) is 4.68.